The van der Waals surface area contributed by atoms with E-state index in [-0.39, 0.29) is 11.8 Å². The molecule has 0 atom stereocenters. The molecule has 1 N–H and O–H groups in total. The van der Waals surface area contributed by atoms with Gasteiger partial charge in [0.05, 0.1) is 6.67 Å². The quantitative estimate of drug-likeness (QED) is 0.540. The smallest absolute Gasteiger partial charge is 0.227 e. The number of likely N-dealkylation sites (tertiary alicyclic amines) is 1. The van der Waals surface area contributed by atoms with Crippen molar-refractivity contribution in [3.05, 3.63) is 34.3 Å². The molecule has 1 saturated heterocycles. The third-order valence-electron chi connectivity index (χ3n) is 4.35. The molecule has 0 saturated carbocycles. The zero-order valence-corrected chi connectivity index (χ0v) is 17.3. The number of para-hydroxylation sites is 1. The van der Waals surface area contributed by atoms with Crippen molar-refractivity contribution in [3.8, 4) is 0 Å². The number of amides is 1. The van der Waals surface area contributed by atoms with Gasteiger partial charge in [0.2, 0.25) is 5.91 Å². The Hall–Kier alpha value is -1.22. The third-order valence-corrected chi connectivity index (χ3v) is 7.00. The number of piperidine rings is 1. The molecule has 3 rings (SSSR count). The minimum Gasteiger partial charge on any atom is -0.326 e. The molecular weight excluding hydrogens is 384 g/mol. The van der Waals surface area contributed by atoms with Crippen LogP contribution < -0.4 is 5.32 Å². The lowest BCUT2D eigenvalue weighted by atomic mass is 9.96. The Bertz CT molecular complexity index is 766. The standard InChI is InChI=1S/C18H24N4OS3/c1-2-12-25-17-20-22(18(24)26-17)13-21-10-8-14(9-11-21)16(23)19-15-6-4-3-5-7-15/h3-7,14H,2,8-13H2,1H3,(H,19,23). The lowest BCUT2D eigenvalue weighted by molar-refractivity contribution is -0.121. The van der Waals surface area contributed by atoms with E-state index in [0.29, 0.717) is 0 Å². The normalized spacial score (nSPS) is 15.9. The van der Waals surface area contributed by atoms with E-state index in [2.05, 4.69) is 22.2 Å². The molecule has 0 aliphatic carbocycles. The summed E-state index contributed by atoms with van der Waals surface area (Å²) in [5.74, 6) is 1.27. The van der Waals surface area contributed by atoms with Crippen LogP contribution in [-0.4, -0.2) is 39.4 Å². The second-order valence-corrected chi connectivity index (χ2v) is 9.34. The van der Waals surface area contributed by atoms with Crippen LogP contribution in [0.2, 0.25) is 0 Å². The first-order chi connectivity index (χ1) is 12.7. The van der Waals surface area contributed by atoms with Gasteiger partial charge < -0.3 is 5.32 Å². The summed E-state index contributed by atoms with van der Waals surface area (Å²) in [6.07, 6.45) is 2.87. The van der Waals surface area contributed by atoms with Crippen LogP contribution in [0, 0.1) is 9.87 Å². The fraction of sp³-hybridized carbons (Fsp3) is 0.500. The van der Waals surface area contributed by atoms with E-state index in [1.165, 1.54) is 0 Å². The Morgan fingerprint density at radius 3 is 2.77 bits per heavy atom. The highest BCUT2D eigenvalue weighted by Crippen LogP contribution is 2.24. The lowest BCUT2D eigenvalue weighted by Gasteiger charge is -2.30. The zero-order valence-electron chi connectivity index (χ0n) is 14.9. The number of nitrogens with one attached hydrogen (secondary N) is 1. The first-order valence-electron chi connectivity index (χ1n) is 8.94. The number of thioether (sulfide) groups is 1. The highest BCUT2D eigenvalue weighted by molar-refractivity contribution is 8.01. The molecule has 1 aromatic heterocycles. The molecule has 140 valence electrons. The Labute approximate surface area is 167 Å². The van der Waals surface area contributed by atoms with E-state index in [1.54, 1.807) is 23.1 Å². The Morgan fingerprint density at radius 2 is 2.08 bits per heavy atom. The highest BCUT2D eigenvalue weighted by Gasteiger charge is 2.25. The maximum absolute atomic E-state index is 12.4. The molecule has 2 heterocycles. The molecule has 2 aromatic rings. The van der Waals surface area contributed by atoms with Crippen LogP contribution in [0.15, 0.2) is 34.7 Å². The molecule has 1 amide bonds. The molecule has 5 nitrogen and oxygen atoms in total. The van der Waals surface area contributed by atoms with Gasteiger partial charge in [-0.2, -0.15) is 5.10 Å². The molecule has 1 aliphatic heterocycles. The predicted octanol–water partition coefficient (Wildman–Crippen LogP) is 4.48. The molecule has 0 bridgehead atoms. The molecule has 1 fully saturated rings. The lowest BCUT2D eigenvalue weighted by Crippen LogP contribution is -2.39. The number of aromatic nitrogens is 2. The second-order valence-electron chi connectivity index (χ2n) is 6.37. The van der Waals surface area contributed by atoms with Crippen molar-refractivity contribution in [3.63, 3.8) is 0 Å². The van der Waals surface area contributed by atoms with Gasteiger partial charge in [-0.3, -0.25) is 9.69 Å². The Balaban J connectivity index is 1.48. The molecular formula is C18H24N4OS3. The molecule has 0 radical (unpaired) electrons. The Kier molecular flexibility index (Phi) is 7.24. The summed E-state index contributed by atoms with van der Waals surface area (Å²) in [5, 5.41) is 7.64. The van der Waals surface area contributed by atoms with Gasteiger partial charge in [0.25, 0.3) is 0 Å². The molecule has 0 spiro atoms. The zero-order chi connectivity index (χ0) is 18.4. The van der Waals surface area contributed by atoms with Crippen LogP contribution in [0.1, 0.15) is 26.2 Å². The number of anilines is 1. The summed E-state index contributed by atoms with van der Waals surface area (Å²) in [6.45, 7) is 4.67. The maximum atomic E-state index is 12.4. The first kappa shape index (κ1) is 19.5. The summed E-state index contributed by atoms with van der Waals surface area (Å²) in [5.41, 5.74) is 0.866. The van der Waals surface area contributed by atoms with E-state index in [1.807, 2.05) is 35.0 Å². The average Bonchev–Trinajstić information content (AvgIpc) is 3.01. The summed E-state index contributed by atoms with van der Waals surface area (Å²) in [7, 11) is 0. The molecule has 1 aromatic carbocycles. The van der Waals surface area contributed by atoms with Crippen molar-refractivity contribution in [2.24, 2.45) is 5.92 Å². The fourth-order valence-corrected chi connectivity index (χ4v) is 5.16. The van der Waals surface area contributed by atoms with Gasteiger partial charge in [0.15, 0.2) is 8.29 Å². The van der Waals surface area contributed by atoms with Crippen molar-refractivity contribution in [1.82, 2.24) is 14.7 Å². The van der Waals surface area contributed by atoms with E-state index < -0.39 is 0 Å². The number of rotatable bonds is 7. The molecule has 1 aliphatic rings. The molecule has 0 unspecified atom stereocenters. The summed E-state index contributed by atoms with van der Waals surface area (Å²) < 4.78 is 3.80. The van der Waals surface area contributed by atoms with E-state index in [0.717, 1.165) is 58.8 Å². The second kappa shape index (κ2) is 9.64. The van der Waals surface area contributed by atoms with Crippen LogP contribution in [0.5, 0.6) is 0 Å². The Morgan fingerprint density at radius 1 is 1.35 bits per heavy atom. The van der Waals surface area contributed by atoms with Gasteiger partial charge in [-0.1, -0.05) is 48.2 Å². The maximum Gasteiger partial charge on any atom is 0.227 e. The van der Waals surface area contributed by atoms with Gasteiger partial charge in [0, 0.05) is 30.4 Å². The topological polar surface area (TPSA) is 50.2 Å². The average molecular weight is 409 g/mol. The summed E-state index contributed by atoms with van der Waals surface area (Å²) >= 11 is 8.80. The van der Waals surface area contributed by atoms with E-state index in [9.17, 15) is 4.79 Å². The van der Waals surface area contributed by atoms with Gasteiger partial charge in [-0.15, -0.1) is 0 Å². The number of carbonyl (C=O) groups excluding carboxylic acids is 1. The van der Waals surface area contributed by atoms with Crippen molar-refractivity contribution in [2.45, 2.75) is 37.2 Å². The van der Waals surface area contributed by atoms with E-state index >= 15 is 0 Å². The third kappa shape index (κ3) is 5.39. The van der Waals surface area contributed by atoms with E-state index in [4.69, 9.17) is 12.2 Å². The number of carbonyl (C=O) groups is 1. The van der Waals surface area contributed by atoms with Gasteiger partial charge in [0.1, 0.15) is 0 Å². The monoisotopic (exact) mass is 408 g/mol. The van der Waals surface area contributed by atoms with Crippen LogP contribution in [0.25, 0.3) is 0 Å². The largest absolute Gasteiger partial charge is 0.326 e. The predicted molar refractivity (Wildman–Crippen MR) is 111 cm³/mol. The van der Waals surface area contributed by atoms with Gasteiger partial charge in [-0.25, -0.2) is 4.68 Å². The van der Waals surface area contributed by atoms with Crippen LogP contribution >= 0.6 is 35.3 Å². The van der Waals surface area contributed by atoms with Gasteiger partial charge in [-0.05, 0) is 43.6 Å². The number of hydrogen-bond acceptors (Lipinski definition) is 6. The van der Waals surface area contributed by atoms with Crippen LogP contribution in [0.4, 0.5) is 5.69 Å². The van der Waals surface area contributed by atoms with Crippen LogP contribution in [0.3, 0.4) is 0 Å². The highest BCUT2D eigenvalue weighted by atomic mass is 32.2. The van der Waals surface area contributed by atoms with Crippen molar-refractivity contribution in [1.29, 1.82) is 0 Å². The van der Waals surface area contributed by atoms with Crippen molar-refractivity contribution < 1.29 is 4.79 Å². The summed E-state index contributed by atoms with van der Waals surface area (Å²) in [4.78, 5) is 14.8. The number of benzene rings is 1. The SMILES string of the molecule is CCCSc1nn(CN2CCC(C(=O)Nc3ccccc3)CC2)c(=S)s1. The van der Waals surface area contributed by atoms with Crippen molar-refractivity contribution >= 4 is 46.9 Å². The van der Waals surface area contributed by atoms with Gasteiger partial charge >= 0.3 is 0 Å². The minimum absolute atomic E-state index is 0.0746. The summed E-state index contributed by atoms with van der Waals surface area (Å²) in [6, 6.07) is 9.66. The van der Waals surface area contributed by atoms with Crippen molar-refractivity contribution in [2.75, 3.05) is 24.2 Å². The fourth-order valence-electron chi connectivity index (χ4n) is 2.92. The molecule has 26 heavy (non-hydrogen) atoms. The minimum atomic E-state index is 0.0746. The number of hydrogen-bond donors (Lipinski definition) is 1. The first-order valence-corrected chi connectivity index (χ1v) is 11.2. The van der Waals surface area contributed by atoms with Crippen LogP contribution in [-0.2, 0) is 11.5 Å². The molecule has 8 heteroatoms. The number of nitrogens with zero attached hydrogens (tertiary/aromatic N) is 3.